The molecule has 0 aliphatic heterocycles. The lowest BCUT2D eigenvalue weighted by atomic mass is 10.2. The molecule has 0 aliphatic carbocycles. The van der Waals surface area contributed by atoms with Crippen molar-refractivity contribution in [1.82, 2.24) is 0 Å². The Morgan fingerprint density at radius 3 is 2.56 bits per heavy atom. The normalized spacial score (nSPS) is 11.2. The van der Waals surface area contributed by atoms with Crippen molar-refractivity contribution in [3.63, 3.8) is 0 Å². The van der Waals surface area contributed by atoms with Gasteiger partial charge in [-0.3, -0.25) is 4.79 Å². The molecule has 2 nitrogen and oxygen atoms in total. The first-order chi connectivity index (χ1) is 4.22. The maximum absolute atomic E-state index is 10.8. The Morgan fingerprint density at radius 1 is 1.67 bits per heavy atom. The van der Waals surface area contributed by atoms with E-state index in [1.54, 1.807) is 6.92 Å². The minimum absolute atomic E-state index is 0.136. The number of rotatable bonds is 3. The molecule has 0 spiro atoms. The third kappa shape index (κ3) is 2.90. The highest BCUT2D eigenvalue weighted by molar-refractivity contribution is 5.94. The lowest BCUT2D eigenvalue weighted by molar-refractivity contribution is -0.115. The van der Waals surface area contributed by atoms with Crippen LogP contribution in [0.25, 0.3) is 0 Å². The Balaban J connectivity index is 3.86. The molecular weight excluding hydrogens is 116 g/mol. The van der Waals surface area contributed by atoms with Crippen molar-refractivity contribution in [2.45, 2.75) is 20.3 Å². The van der Waals surface area contributed by atoms with Crippen LogP contribution in [0.2, 0.25) is 0 Å². The molecule has 52 valence electrons. The molecule has 2 heteroatoms. The number of carbonyl (C=O) groups excluding carboxylic acids is 1. The second-order valence-electron chi connectivity index (χ2n) is 1.81. The average Bonchev–Trinajstić information content (AvgIpc) is 1.87. The van der Waals surface area contributed by atoms with Gasteiger partial charge in [0.2, 0.25) is 0 Å². The number of allylic oxidation sites excluding steroid dienone is 1. The van der Waals surface area contributed by atoms with Gasteiger partial charge >= 0.3 is 0 Å². The molecule has 0 rings (SSSR count). The maximum Gasteiger partial charge on any atom is 0.161 e. The Morgan fingerprint density at radius 2 is 2.22 bits per heavy atom. The Labute approximate surface area is 55.5 Å². The molecule has 0 amide bonds. The first-order valence-electron chi connectivity index (χ1n) is 2.95. The summed E-state index contributed by atoms with van der Waals surface area (Å²) in [5, 5.41) is 0. The van der Waals surface area contributed by atoms with Crippen molar-refractivity contribution in [1.29, 1.82) is 0 Å². The second kappa shape index (κ2) is 4.13. The van der Waals surface area contributed by atoms with Crippen molar-refractivity contribution in [2.24, 2.45) is 0 Å². The highest BCUT2D eigenvalue weighted by atomic mass is 16.5. The smallest absolute Gasteiger partial charge is 0.161 e. The van der Waals surface area contributed by atoms with E-state index in [0.29, 0.717) is 12.0 Å². The standard InChI is InChI=1S/C7H12O2/c1-4-7(8)6(2)5-9-3/h5H,4H2,1-3H3. The summed E-state index contributed by atoms with van der Waals surface area (Å²) in [6.07, 6.45) is 2.01. The molecule has 0 N–H and O–H groups in total. The Hall–Kier alpha value is -0.790. The molecule has 0 bridgehead atoms. The zero-order chi connectivity index (χ0) is 7.28. The van der Waals surface area contributed by atoms with Crippen LogP contribution in [0.1, 0.15) is 20.3 Å². The van der Waals surface area contributed by atoms with Crippen LogP contribution >= 0.6 is 0 Å². The van der Waals surface area contributed by atoms with E-state index in [2.05, 4.69) is 4.74 Å². The minimum atomic E-state index is 0.136. The van der Waals surface area contributed by atoms with Gasteiger partial charge < -0.3 is 4.74 Å². The number of Topliss-reactive ketones (excluding diaryl/α,β-unsaturated/α-hetero) is 1. The SMILES string of the molecule is CCC(=O)C(C)=COC. The predicted molar refractivity (Wildman–Crippen MR) is 36.1 cm³/mol. The van der Waals surface area contributed by atoms with Crippen LogP contribution in [0.15, 0.2) is 11.8 Å². The van der Waals surface area contributed by atoms with Crippen molar-refractivity contribution in [3.05, 3.63) is 11.8 Å². The topological polar surface area (TPSA) is 26.3 Å². The molecule has 0 aromatic heterocycles. The van der Waals surface area contributed by atoms with E-state index in [1.807, 2.05) is 6.92 Å². The van der Waals surface area contributed by atoms with Gasteiger partial charge in [-0.2, -0.15) is 0 Å². The molecule has 0 fully saturated rings. The van der Waals surface area contributed by atoms with Crippen LogP contribution in [0, 0.1) is 0 Å². The zero-order valence-corrected chi connectivity index (χ0v) is 6.10. The second-order valence-corrected chi connectivity index (χ2v) is 1.81. The minimum Gasteiger partial charge on any atom is -0.504 e. The van der Waals surface area contributed by atoms with Gasteiger partial charge in [-0.05, 0) is 6.92 Å². The van der Waals surface area contributed by atoms with Crippen LogP contribution in [0.4, 0.5) is 0 Å². The first-order valence-corrected chi connectivity index (χ1v) is 2.95. The summed E-state index contributed by atoms with van der Waals surface area (Å²) < 4.78 is 4.64. The molecule has 0 saturated heterocycles. The fourth-order valence-corrected chi connectivity index (χ4v) is 0.521. The number of hydrogen-bond donors (Lipinski definition) is 0. The molecule has 0 saturated carbocycles. The molecule has 0 heterocycles. The van der Waals surface area contributed by atoms with Crippen LogP contribution in [-0.2, 0) is 9.53 Å². The summed E-state index contributed by atoms with van der Waals surface area (Å²) in [5.41, 5.74) is 0.681. The summed E-state index contributed by atoms with van der Waals surface area (Å²) >= 11 is 0. The third-order valence-electron chi connectivity index (χ3n) is 1.06. The Kier molecular flexibility index (Phi) is 3.76. The quantitative estimate of drug-likeness (QED) is 0.425. The maximum atomic E-state index is 10.8. The fraction of sp³-hybridized carbons (Fsp3) is 0.571. The van der Waals surface area contributed by atoms with Crippen LogP contribution in [-0.4, -0.2) is 12.9 Å². The highest BCUT2D eigenvalue weighted by Gasteiger charge is 1.98. The number of methoxy groups -OCH3 is 1. The highest BCUT2D eigenvalue weighted by Crippen LogP contribution is 1.96. The summed E-state index contributed by atoms with van der Waals surface area (Å²) in [6.45, 7) is 3.57. The largest absolute Gasteiger partial charge is 0.504 e. The van der Waals surface area contributed by atoms with Gasteiger partial charge in [-0.25, -0.2) is 0 Å². The number of ether oxygens (including phenoxy) is 1. The molecule has 0 unspecified atom stereocenters. The van der Waals surface area contributed by atoms with Crippen molar-refractivity contribution in [2.75, 3.05) is 7.11 Å². The van der Waals surface area contributed by atoms with Crippen LogP contribution in [0.3, 0.4) is 0 Å². The Bertz CT molecular complexity index is 125. The molecule has 0 aliphatic rings. The molecular formula is C7H12O2. The molecule has 0 radical (unpaired) electrons. The summed E-state index contributed by atoms with van der Waals surface area (Å²) in [7, 11) is 1.53. The van der Waals surface area contributed by atoms with Gasteiger partial charge in [-0.1, -0.05) is 6.92 Å². The van der Waals surface area contributed by atoms with Gasteiger partial charge in [-0.15, -0.1) is 0 Å². The van der Waals surface area contributed by atoms with Gasteiger partial charge in [0.05, 0.1) is 13.4 Å². The van der Waals surface area contributed by atoms with Gasteiger partial charge in [0.15, 0.2) is 5.78 Å². The van der Waals surface area contributed by atoms with Crippen LogP contribution in [0.5, 0.6) is 0 Å². The summed E-state index contributed by atoms with van der Waals surface area (Å²) in [5.74, 6) is 0.136. The fourth-order valence-electron chi connectivity index (χ4n) is 0.521. The molecule has 0 atom stereocenters. The van der Waals surface area contributed by atoms with Crippen molar-refractivity contribution >= 4 is 5.78 Å². The van der Waals surface area contributed by atoms with E-state index in [9.17, 15) is 4.79 Å². The van der Waals surface area contributed by atoms with Crippen molar-refractivity contribution < 1.29 is 9.53 Å². The van der Waals surface area contributed by atoms with Crippen LogP contribution < -0.4 is 0 Å². The zero-order valence-electron chi connectivity index (χ0n) is 6.10. The molecule has 9 heavy (non-hydrogen) atoms. The van der Waals surface area contributed by atoms with E-state index < -0.39 is 0 Å². The predicted octanol–water partition coefficient (Wildman–Crippen LogP) is 1.52. The number of carbonyl (C=O) groups is 1. The van der Waals surface area contributed by atoms with E-state index in [0.717, 1.165) is 0 Å². The monoisotopic (exact) mass is 128 g/mol. The van der Waals surface area contributed by atoms with Gasteiger partial charge in [0.25, 0.3) is 0 Å². The molecule has 0 aromatic carbocycles. The molecule has 0 aromatic rings. The number of ketones is 1. The number of hydrogen-bond acceptors (Lipinski definition) is 2. The van der Waals surface area contributed by atoms with Gasteiger partial charge in [0.1, 0.15) is 0 Å². The lowest BCUT2D eigenvalue weighted by Gasteiger charge is -1.94. The third-order valence-corrected chi connectivity index (χ3v) is 1.06. The van der Waals surface area contributed by atoms with E-state index in [1.165, 1.54) is 13.4 Å². The van der Waals surface area contributed by atoms with Gasteiger partial charge in [0, 0.05) is 12.0 Å². The van der Waals surface area contributed by atoms with E-state index in [-0.39, 0.29) is 5.78 Å². The summed E-state index contributed by atoms with van der Waals surface area (Å²) in [6, 6.07) is 0. The first kappa shape index (κ1) is 8.21. The summed E-state index contributed by atoms with van der Waals surface area (Å²) in [4.78, 5) is 10.8. The van der Waals surface area contributed by atoms with E-state index >= 15 is 0 Å². The lowest BCUT2D eigenvalue weighted by Crippen LogP contribution is -1.96. The van der Waals surface area contributed by atoms with E-state index in [4.69, 9.17) is 0 Å². The van der Waals surface area contributed by atoms with Crippen molar-refractivity contribution in [3.8, 4) is 0 Å². The average molecular weight is 128 g/mol.